The number of nitrogens with zero attached hydrogens (tertiary/aromatic N) is 3. The molecule has 1 aromatic heterocycles. The molecule has 1 N–H and O–H groups in total. The maximum atomic E-state index is 11.7. The first kappa shape index (κ1) is 13.5. The summed E-state index contributed by atoms with van der Waals surface area (Å²) in [5.41, 5.74) is 2.15. The fourth-order valence-electron chi connectivity index (χ4n) is 2.26. The summed E-state index contributed by atoms with van der Waals surface area (Å²) in [7, 11) is 0. The lowest BCUT2D eigenvalue weighted by Crippen LogP contribution is -2.53. The van der Waals surface area contributed by atoms with Crippen molar-refractivity contribution in [2.24, 2.45) is 0 Å². The SMILES string of the molecule is CCn1nc(C)c(Br)c1CN1CCNC(=O)C1C. The van der Waals surface area contributed by atoms with Gasteiger partial charge in [0.25, 0.3) is 0 Å². The summed E-state index contributed by atoms with van der Waals surface area (Å²) in [5.74, 6) is 0.108. The molecule has 5 nitrogen and oxygen atoms in total. The zero-order chi connectivity index (χ0) is 13.3. The summed E-state index contributed by atoms with van der Waals surface area (Å²) >= 11 is 3.59. The van der Waals surface area contributed by atoms with Gasteiger partial charge >= 0.3 is 0 Å². The van der Waals surface area contributed by atoms with E-state index in [2.05, 4.69) is 38.2 Å². The molecular weight excluding hydrogens is 296 g/mol. The molecule has 0 saturated carbocycles. The highest BCUT2D eigenvalue weighted by Crippen LogP contribution is 2.23. The smallest absolute Gasteiger partial charge is 0.237 e. The Hall–Kier alpha value is -0.880. The molecule has 6 heteroatoms. The lowest BCUT2D eigenvalue weighted by Gasteiger charge is -2.32. The molecule has 1 unspecified atom stereocenters. The van der Waals surface area contributed by atoms with E-state index < -0.39 is 0 Å². The topological polar surface area (TPSA) is 50.2 Å². The second kappa shape index (κ2) is 5.40. The maximum absolute atomic E-state index is 11.7. The lowest BCUT2D eigenvalue weighted by molar-refractivity contribution is -0.128. The monoisotopic (exact) mass is 314 g/mol. The van der Waals surface area contributed by atoms with Crippen LogP contribution in [0.3, 0.4) is 0 Å². The Morgan fingerprint density at radius 3 is 2.94 bits per heavy atom. The van der Waals surface area contributed by atoms with E-state index in [1.807, 2.05) is 18.5 Å². The molecule has 0 radical (unpaired) electrons. The van der Waals surface area contributed by atoms with E-state index in [4.69, 9.17) is 0 Å². The van der Waals surface area contributed by atoms with Crippen LogP contribution in [0.2, 0.25) is 0 Å². The van der Waals surface area contributed by atoms with Gasteiger partial charge in [0, 0.05) is 26.2 Å². The van der Waals surface area contributed by atoms with Crippen molar-refractivity contribution >= 4 is 21.8 Å². The predicted octanol–water partition coefficient (Wildman–Crippen LogP) is 1.29. The van der Waals surface area contributed by atoms with Gasteiger partial charge in [0.2, 0.25) is 5.91 Å². The van der Waals surface area contributed by atoms with Gasteiger partial charge in [-0.2, -0.15) is 5.10 Å². The molecule has 2 heterocycles. The second-order valence-electron chi connectivity index (χ2n) is 4.60. The molecule has 1 aliphatic heterocycles. The van der Waals surface area contributed by atoms with Crippen LogP contribution in [0.1, 0.15) is 25.2 Å². The van der Waals surface area contributed by atoms with Gasteiger partial charge in [0.1, 0.15) is 0 Å². The van der Waals surface area contributed by atoms with E-state index in [-0.39, 0.29) is 11.9 Å². The Morgan fingerprint density at radius 1 is 1.56 bits per heavy atom. The van der Waals surface area contributed by atoms with Crippen molar-refractivity contribution in [1.29, 1.82) is 0 Å². The molecule has 0 spiro atoms. The number of carbonyl (C=O) groups excluding carboxylic acids is 1. The summed E-state index contributed by atoms with van der Waals surface area (Å²) in [4.78, 5) is 13.8. The number of carbonyl (C=O) groups is 1. The maximum Gasteiger partial charge on any atom is 0.237 e. The number of nitrogens with one attached hydrogen (secondary N) is 1. The number of amides is 1. The van der Waals surface area contributed by atoms with Gasteiger partial charge in [-0.05, 0) is 36.7 Å². The van der Waals surface area contributed by atoms with Crippen LogP contribution in [-0.2, 0) is 17.9 Å². The van der Waals surface area contributed by atoms with Crippen LogP contribution in [0.15, 0.2) is 4.47 Å². The lowest BCUT2D eigenvalue weighted by atomic mass is 10.2. The van der Waals surface area contributed by atoms with Crippen LogP contribution in [0.5, 0.6) is 0 Å². The Kier molecular flexibility index (Phi) is 4.07. The van der Waals surface area contributed by atoms with E-state index in [0.29, 0.717) is 0 Å². The van der Waals surface area contributed by atoms with Crippen LogP contribution in [0.25, 0.3) is 0 Å². The number of piperazine rings is 1. The summed E-state index contributed by atoms with van der Waals surface area (Å²) in [6.07, 6.45) is 0. The van der Waals surface area contributed by atoms with Gasteiger partial charge < -0.3 is 5.32 Å². The highest BCUT2D eigenvalue weighted by atomic mass is 79.9. The Bertz CT molecular complexity index is 457. The minimum atomic E-state index is -0.0776. The molecule has 1 atom stereocenters. The summed E-state index contributed by atoms with van der Waals surface area (Å²) in [6.45, 7) is 9.22. The largest absolute Gasteiger partial charge is 0.353 e. The first-order chi connectivity index (χ1) is 8.54. The molecule has 0 aromatic carbocycles. The molecule has 18 heavy (non-hydrogen) atoms. The van der Waals surface area contributed by atoms with Crippen molar-refractivity contribution in [3.63, 3.8) is 0 Å². The van der Waals surface area contributed by atoms with E-state index >= 15 is 0 Å². The standard InChI is InChI=1S/C12H19BrN4O/c1-4-17-10(11(13)8(2)15-17)7-16-6-5-14-12(18)9(16)3/h9H,4-7H2,1-3H3,(H,14,18). The minimum absolute atomic E-state index is 0.0776. The molecule has 1 aromatic rings. The van der Waals surface area contributed by atoms with E-state index in [9.17, 15) is 4.79 Å². The van der Waals surface area contributed by atoms with Crippen LogP contribution in [0.4, 0.5) is 0 Å². The van der Waals surface area contributed by atoms with Gasteiger partial charge in [-0.25, -0.2) is 0 Å². The van der Waals surface area contributed by atoms with Gasteiger partial charge in [-0.1, -0.05) is 0 Å². The van der Waals surface area contributed by atoms with Crippen molar-refractivity contribution in [2.45, 2.75) is 39.9 Å². The number of aryl methyl sites for hydroxylation is 2. The van der Waals surface area contributed by atoms with E-state index in [0.717, 1.165) is 42.0 Å². The van der Waals surface area contributed by atoms with Gasteiger partial charge in [-0.15, -0.1) is 0 Å². The summed E-state index contributed by atoms with van der Waals surface area (Å²) in [6, 6.07) is -0.0776. The van der Waals surface area contributed by atoms with Crippen LogP contribution in [-0.4, -0.2) is 39.7 Å². The van der Waals surface area contributed by atoms with Crippen molar-refractivity contribution in [3.05, 3.63) is 15.9 Å². The quantitative estimate of drug-likeness (QED) is 0.914. The Balaban J connectivity index is 2.20. The Labute approximate surface area is 116 Å². The average Bonchev–Trinajstić information content (AvgIpc) is 2.62. The molecule has 0 bridgehead atoms. The molecule has 1 amide bonds. The zero-order valence-electron chi connectivity index (χ0n) is 11.0. The number of hydrogen-bond acceptors (Lipinski definition) is 3. The molecule has 1 saturated heterocycles. The fourth-order valence-corrected chi connectivity index (χ4v) is 2.67. The third-order valence-electron chi connectivity index (χ3n) is 3.43. The normalized spacial score (nSPS) is 21.1. The van der Waals surface area contributed by atoms with Crippen molar-refractivity contribution < 1.29 is 4.79 Å². The van der Waals surface area contributed by atoms with Crippen molar-refractivity contribution in [3.8, 4) is 0 Å². The third-order valence-corrected chi connectivity index (χ3v) is 4.46. The molecule has 2 rings (SSSR count). The molecule has 0 aliphatic carbocycles. The van der Waals surface area contributed by atoms with Gasteiger partial charge in [0.15, 0.2) is 0 Å². The van der Waals surface area contributed by atoms with Crippen LogP contribution >= 0.6 is 15.9 Å². The molecule has 1 aliphatic rings. The number of rotatable bonds is 3. The number of halogens is 1. The average molecular weight is 315 g/mol. The van der Waals surface area contributed by atoms with E-state index in [1.165, 1.54) is 0 Å². The number of hydrogen-bond donors (Lipinski definition) is 1. The summed E-state index contributed by atoms with van der Waals surface area (Å²) < 4.78 is 3.06. The minimum Gasteiger partial charge on any atom is -0.353 e. The molecular formula is C12H19BrN4O. The zero-order valence-corrected chi connectivity index (χ0v) is 12.6. The third kappa shape index (κ3) is 2.44. The van der Waals surface area contributed by atoms with Crippen molar-refractivity contribution in [1.82, 2.24) is 20.0 Å². The van der Waals surface area contributed by atoms with Gasteiger partial charge in [0.05, 0.1) is 21.9 Å². The van der Waals surface area contributed by atoms with Crippen LogP contribution < -0.4 is 5.32 Å². The summed E-state index contributed by atoms with van der Waals surface area (Å²) in [5, 5.41) is 7.36. The van der Waals surface area contributed by atoms with Crippen LogP contribution in [0, 0.1) is 6.92 Å². The Morgan fingerprint density at radius 2 is 2.28 bits per heavy atom. The highest BCUT2D eigenvalue weighted by Gasteiger charge is 2.27. The van der Waals surface area contributed by atoms with Crippen molar-refractivity contribution in [2.75, 3.05) is 13.1 Å². The predicted molar refractivity (Wildman–Crippen MR) is 73.2 cm³/mol. The fraction of sp³-hybridized carbons (Fsp3) is 0.667. The second-order valence-corrected chi connectivity index (χ2v) is 5.39. The molecule has 1 fully saturated rings. The first-order valence-electron chi connectivity index (χ1n) is 6.28. The molecule has 100 valence electrons. The van der Waals surface area contributed by atoms with E-state index in [1.54, 1.807) is 0 Å². The first-order valence-corrected chi connectivity index (χ1v) is 7.07. The number of aromatic nitrogens is 2. The van der Waals surface area contributed by atoms with Gasteiger partial charge in [-0.3, -0.25) is 14.4 Å². The highest BCUT2D eigenvalue weighted by molar-refractivity contribution is 9.10.